The monoisotopic (exact) mass is 296 g/mol. The molecule has 1 aromatic rings. The van der Waals surface area contributed by atoms with E-state index in [0.717, 1.165) is 0 Å². The number of nitrogens with zero attached hydrogens (tertiary/aromatic N) is 1. The SMILES string of the molecule is CC(F)C(=O)Cc1ccc(F)c([C@]2(C)CCOC(N)=N2)c1. The highest BCUT2D eigenvalue weighted by molar-refractivity contribution is 5.84. The fourth-order valence-electron chi connectivity index (χ4n) is 2.32. The topological polar surface area (TPSA) is 64.7 Å². The minimum Gasteiger partial charge on any atom is -0.465 e. The lowest BCUT2D eigenvalue weighted by Gasteiger charge is -2.30. The summed E-state index contributed by atoms with van der Waals surface area (Å²) in [5.41, 5.74) is 5.61. The van der Waals surface area contributed by atoms with Gasteiger partial charge in [-0.1, -0.05) is 6.07 Å². The van der Waals surface area contributed by atoms with Crippen LogP contribution in [-0.2, 0) is 21.5 Å². The van der Waals surface area contributed by atoms with Gasteiger partial charge in [0.05, 0.1) is 12.1 Å². The molecule has 2 rings (SSSR count). The van der Waals surface area contributed by atoms with E-state index in [1.54, 1.807) is 13.0 Å². The zero-order valence-electron chi connectivity index (χ0n) is 12.0. The molecule has 6 heteroatoms. The number of halogens is 2. The molecule has 1 aliphatic heterocycles. The molecule has 1 heterocycles. The van der Waals surface area contributed by atoms with Crippen molar-refractivity contribution >= 4 is 11.8 Å². The van der Waals surface area contributed by atoms with Gasteiger partial charge in [-0.05, 0) is 31.5 Å². The summed E-state index contributed by atoms with van der Waals surface area (Å²) in [6.45, 7) is 3.29. The number of aliphatic imine (C=N–C) groups is 1. The Balaban J connectivity index is 2.35. The normalized spacial score (nSPS) is 23.1. The average Bonchev–Trinajstić information content (AvgIpc) is 2.40. The molecule has 0 aromatic heterocycles. The molecule has 1 aromatic carbocycles. The molecule has 1 unspecified atom stereocenters. The number of hydrogen-bond acceptors (Lipinski definition) is 4. The first kappa shape index (κ1) is 15.4. The van der Waals surface area contributed by atoms with Crippen LogP contribution in [0.15, 0.2) is 23.2 Å². The maximum Gasteiger partial charge on any atom is 0.282 e. The lowest BCUT2D eigenvalue weighted by molar-refractivity contribution is -0.122. The van der Waals surface area contributed by atoms with Crippen LogP contribution in [0.1, 0.15) is 31.4 Å². The van der Waals surface area contributed by atoms with Gasteiger partial charge in [-0.15, -0.1) is 0 Å². The van der Waals surface area contributed by atoms with E-state index >= 15 is 0 Å². The van der Waals surface area contributed by atoms with Crippen LogP contribution in [0.2, 0.25) is 0 Å². The van der Waals surface area contributed by atoms with Gasteiger partial charge in [0.15, 0.2) is 12.0 Å². The van der Waals surface area contributed by atoms with Crippen molar-refractivity contribution in [1.29, 1.82) is 0 Å². The Morgan fingerprint density at radius 3 is 2.90 bits per heavy atom. The van der Waals surface area contributed by atoms with Gasteiger partial charge in [-0.2, -0.15) is 0 Å². The molecule has 0 saturated carbocycles. The van der Waals surface area contributed by atoms with Crippen molar-refractivity contribution in [2.75, 3.05) is 6.61 Å². The molecule has 0 aliphatic carbocycles. The molecule has 2 atom stereocenters. The van der Waals surface area contributed by atoms with E-state index in [-0.39, 0.29) is 12.4 Å². The third-order valence-electron chi connectivity index (χ3n) is 3.63. The first-order valence-corrected chi connectivity index (χ1v) is 6.75. The summed E-state index contributed by atoms with van der Waals surface area (Å²) in [5.74, 6) is -0.965. The molecule has 0 saturated heterocycles. The molecule has 2 N–H and O–H groups in total. The molecular weight excluding hydrogens is 278 g/mol. The molecule has 1 aliphatic rings. The number of carbonyl (C=O) groups excluding carboxylic acids is 1. The van der Waals surface area contributed by atoms with Gasteiger partial charge in [0, 0.05) is 18.4 Å². The molecule has 0 fully saturated rings. The van der Waals surface area contributed by atoms with Crippen molar-refractivity contribution in [2.45, 2.75) is 38.4 Å². The minimum absolute atomic E-state index is 0.0157. The number of rotatable bonds is 4. The van der Waals surface area contributed by atoms with Gasteiger partial charge in [0.25, 0.3) is 6.02 Å². The fraction of sp³-hybridized carbons (Fsp3) is 0.467. The van der Waals surface area contributed by atoms with E-state index in [2.05, 4.69) is 4.99 Å². The summed E-state index contributed by atoms with van der Waals surface area (Å²) < 4.78 is 32.1. The molecule has 0 radical (unpaired) electrons. The second kappa shape index (κ2) is 5.79. The summed E-state index contributed by atoms with van der Waals surface area (Å²) >= 11 is 0. The van der Waals surface area contributed by atoms with Crippen molar-refractivity contribution in [3.63, 3.8) is 0 Å². The van der Waals surface area contributed by atoms with Gasteiger partial charge in [0.1, 0.15) is 5.82 Å². The number of hydrogen-bond donors (Lipinski definition) is 1. The number of nitrogens with two attached hydrogens (primary N) is 1. The number of benzene rings is 1. The van der Waals surface area contributed by atoms with Crippen molar-refractivity contribution in [1.82, 2.24) is 0 Å². The molecule has 0 spiro atoms. The van der Waals surface area contributed by atoms with Crippen molar-refractivity contribution in [3.8, 4) is 0 Å². The predicted octanol–water partition coefficient (Wildman–Crippen LogP) is 2.25. The van der Waals surface area contributed by atoms with E-state index < -0.39 is 23.3 Å². The Kier molecular flexibility index (Phi) is 4.25. The predicted molar refractivity (Wildman–Crippen MR) is 75.2 cm³/mol. The van der Waals surface area contributed by atoms with E-state index in [1.165, 1.54) is 19.1 Å². The zero-order chi connectivity index (χ0) is 15.6. The number of amidine groups is 1. The average molecular weight is 296 g/mol. The number of ketones is 1. The molecule has 21 heavy (non-hydrogen) atoms. The second-order valence-electron chi connectivity index (χ2n) is 5.40. The highest BCUT2D eigenvalue weighted by atomic mass is 19.1. The van der Waals surface area contributed by atoms with E-state index in [9.17, 15) is 13.6 Å². The summed E-state index contributed by atoms with van der Waals surface area (Å²) in [5, 5.41) is 0. The van der Waals surface area contributed by atoms with E-state index in [1.807, 2.05) is 0 Å². The maximum atomic E-state index is 14.1. The van der Waals surface area contributed by atoms with Gasteiger partial charge in [-0.3, -0.25) is 4.79 Å². The fourth-order valence-corrected chi connectivity index (χ4v) is 2.32. The van der Waals surface area contributed by atoms with Crippen LogP contribution in [0.3, 0.4) is 0 Å². The standard InChI is InChI=1S/C15H18F2N2O2/c1-9(16)13(20)8-10-3-4-12(17)11(7-10)15(2)5-6-21-14(18)19-15/h3-4,7,9H,5-6,8H2,1-2H3,(H2,18,19)/t9?,15-/m0/s1. The van der Waals surface area contributed by atoms with Crippen LogP contribution in [0.4, 0.5) is 8.78 Å². The van der Waals surface area contributed by atoms with Gasteiger partial charge in [-0.25, -0.2) is 13.8 Å². The largest absolute Gasteiger partial charge is 0.465 e. The van der Waals surface area contributed by atoms with Crippen LogP contribution in [0, 0.1) is 5.82 Å². The van der Waals surface area contributed by atoms with Crippen LogP contribution >= 0.6 is 0 Å². The Labute approximate surface area is 122 Å². The zero-order valence-corrected chi connectivity index (χ0v) is 12.0. The third-order valence-corrected chi connectivity index (χ3v) is 3.63. The molecule has 0 bridgehead atoms. The molecule has 114 valence electrons. The van der Waals surface area contributed by atoms with Crippen LogP contribution in [0.25, 0.3) is 0 Å². The molecule has 0 amide bonds. The Bertz CT molecular complexity index is 587. The van der Waals surface area contributed by atoms with E-state index in [0.29, 0.717) is 24.2 Å². The Hall–Kier alpha value is -1.98. The van der Waals surface area contributed by atoms with Gasteiger partial charge in [0.2, 0.25) is 0 Å². The summed E-state index contributed by atoms with van der Waals surface area (Å²) in [6, 6.07) is 4.32. The lowest BCUT2D eigenvalue weighted by Crippen LogP contribution is -2.34. The highest BCUT2D eigenvalue weighted by Crippen LogP contribution is 2.34. The third kappa shape index (κ3) is 3.37. The first-order valence-electron chi connectivity index (χ1n) is 6.75. The quantitative estimate of drug-likeness (QED) is 0.926. The van der Waals surface area contributed by atoms with Crippen LogP contribution < -0.4 is 5.73 Å². The molecular formula is C15H18F2N2O2. The highest BCUT2D eigenvalue weighted by Gasteiger charge is 2.33. The lowest BCUT2D eigenvalue weighted by atomic mass is 9.87. The minimum atomic E-state index is -1.54. The smallest absolute Gasteiger partial charge is 0.282 e. The van der Waals surface area contributed by atoms with Crippen LogP contribution in [0.5, 0.6) is 0 Å². The Morgan fingerprint density at radius 1 is 1.57 bits per heavy atom. The summed E-state index contributed by atoms with van der Waals surface area (Å²) in [6.07, 6.45) is -1.14. The maximum absolute atomic E-state index is 14.1. The van der Waals surface area contributed by atoms with Crippen molar-refractivity contribution in [3.05, 3.63) is 35.1 Å². The first-order chi connectivity index (χ1) is 9.82. The van der Waals surface area contributed by atoms with E-state index in [4.69, 9.17) is 10.5 Å². The summed E-state index contributed by atoms with van der Waals surface area (Å²) in [4.78, 5) is 15.7. The summed E-state index contributed by atoms with van der Waals surface area (Å²) in [7, 11) is 0. The number of carbonyl (C=O) groups is 1. The Morgan fingerprint density at radius 2 is 2.29 bits per heavy atom. The number of ether oxygens (including phenoxy) is 1. The van der Waals surface area contributed by atoms with Gasteiger partial charge < -0.3 is 10.5 Å². The van der Waals surface area contributed by atoms with Crippen molar-refractivity contribution in [2.24, 2.45) is 10.7 Å². The van der Waals surface area contributed by atoms with Crippen molar-refractivity contribution < 1.29 is 18.3 Å². The van der Waals surface area contributed by atoms with Crippen LogP contribution in [-0.4, -0.2) is 24.6 Å². The van der Waals surface area contributed by atoms with Gasteiger partial charge >= 0.3 is 0 Å². The second-order valence-corrected chi connectivity index (χ2v) is 5.40. The number of Topliss-reactive ketones (excluding diaryl/α,β-unsaturated/α-hetero) is 1. The number of alkyl halides is 1. The molecule has 4 nitrogen and oxygen atoms in total.